The van der Waals surface area contributed by atoms with E-state index in [1.54, 1.807) is 10.9 Å². The number of carbonyl (C=O) groups is 1. The number of furan rings is 1. The minimum absolute atomic E-state index is 0.0632. The van der Waals surface area contributed by atoms with E-state index in [1.165, 1.54) is 0 Å². The van der Waals surface area contributed by atoms with Gasteiger partial charge in [-0.15, -0.1) is 0 Å². The highest BCUT2D eigenvalue weighted by atomic mass is 16.3. The molecule has 30 heavy (non-hydrogen) atoms. The average molecular weight is 404 g/mol. The number of carbonyl (C=O) groups excluding carboxylic acids is 1. The van der Waals surface area contributed by atoms with Gasteiger partial charge in [0.15, 0.2) is 5.76 Å². The van der Waals surface area contributed by atoms with Gasteiger partial charge in [-0.25, -0.2) is 4.68 Å². The SMILES string of the molecule is Cc1cccc(-n2nc(-c3ccco3)cc2C(=O)N2C[C@@]3(C)C[C@@H]2CC(C)(C)C3)c1. The van der Waals surface area contributed by atoms with Crippen LogP contribution in [0.15, 0.2) is 53.1 Å². The Morgan fingerprint density at radius 3 is 2.70 bits per heavy atom. The van der Waals surface area contributed by atoms with Crippen molar-refractivity contribution in [3.05, 3.63) is 60.0 Å². The molecule has 1 saturated heterocycles. The van der Waals surface area contributed by atoms with Crippen LogP contribution in [0, 0.1) is 17.8 Å². The van der Waals surface area contributed by atoms with Crippen molar-refractivity contribution >= 4 is 5.91 Å². The first kappa shape index (κ1) is 19.2. The normalized spacial score (nSPS) is 24.9. The van der Waals surface area contributed by atoms with Crippen molar-refractivity contribution in [2.24, 2.45) is 10.8 Å². The predicted molar refractivity (Wildman–Crippen MR) is 117 cm³/mol. The van der Waals surface area contributed by atoms with Crippen LogP contribution < -0.4 is 0 Å². The summed E-state index contributed by atoms with van der Waals surface area (Å²) < 4.78 is 7.35. The molecule has 1 aromatic carbocycles. The molecule has 2 aliphatic rings. The maximum Gasteiger partial charge on any atom is 0.272 e. The Labute approximate surface area is 177 Å². The van der Waals surface area contributed by atoms with Gasteiger partial charge in [0.2, 0.25) is 0 Å². The number of likely N-dealkylation sites (tertiary alicyclic amines) is 1. The van der Waals surface area contributed by atoms with Gasteiger partial charge in [0.1, 0.15) is 11.4 Å². The number of fused-ring (bicyclic) bond motifs is 2. The smallest absolute Gasteiger partial charge is 0.272 e. The molecule has 1 aliphatic carbocycles. The van der Waals surface area contributed by atoms with Crippen LogP contribution in [0.25, 0.3) is 17.1 Å². The van der Waals surface area contributed by atoms with E-state index in [9.17, 15) is 4.79 Å². The van der Waals surface area contributed by atoms with E-state index in [-0.39, 0.29) is 16.7 Å². The van der Waals surface area contributed by atoms with Crippen molar-refractivity contribution in [3.8, 4) is 17.1 Å². The molecule has 156 valence electrons. The number of benzene rings is 1. The third-order valence-electron chi connectivity index (χ3n) is 6.62. The number of hydrogen-bond acceptors (Lipinski definition) is 3. The van der Waals surface area contributed by atoms with E-state index in [1.807, 2.05) is 30.3 Å². The van der Waals surface area contributed by atoms with Crippen LogP contribution in [0.4, 0.5) is 0 Å². The molecule has 0 N–H and O–H groups in total. The van der Waals surface area contributed by atoms with Gasteiger partial charge in [-0.1, -0.05) is 32.9 Å². The monoisotopic (exact) mass is 403 g/mol. The fourth-order valence-corrected chi connectivity index (χ4v) is 5.88. The summed E-state index contributed by atoms with van der Waals surface area (Å²) >= 11 is 0. The predicted octanol–water partition coefficient (Wildman–Crippen LogP) is 5.48. The van der Waals surface area contributed by atoms with Gasteiger partial charge in [0.25, 0.3) is 5.91 Å². The topological polar surface area (TPSA) is 51.3 Å². The summed E-state index contributed by atoms with van der Waals surface area (Å²) in [4.78, 5) is 15.9. The van der Waals surface area contributed by atoms with Gasteiger partial charge in [0.05, 0.1) is 12.0 Å². The van der Waals surface area contributed by atoms with Crippen LogP contribution in [0.2, 0.25) is 0 Å². The van der Waals surface area contributed by atoms with E-state index in [0.29, 0.717) is 23.2 Å². The Kier molecular flexibility index (Phi) is 4.21. The molecule has 0 radical (unpaired) electrons. The second kappa shape index (κ2) is 6.59. The van der Waals surface area contributed by atoms with E-state index in [2.05, 4.69) is 44.7 Å². The Morgan fingerprint density at radius 1 is 1.13 bits per heavy atom. The standard InChI is InChI=1S/C25H29N3O2/c1-17-7-5-8-18(11-17)28-21(12-20(26-28)22-9-6-10-30-22)23(29)27-16-25(4)14-19(27)13-24(2,3)15-25/h5-12,19H,13-16H2,1-4H3/t19-,25-/m0/s1. The van der Waals surface area contributed by atoms with Crippen LogP contribution in [0.1, 0.15) is 56.1 Å². The number of amides is 1. The molecule has 1 aliphatic heterocycles. The Balaban J connectivity index is 1.57. The van der Waals surface area contributed by atoms with Crippen LogP contribution in [0.3, 0.4) is 0 Å². The van der Waals surface area contributed by atoms with E-state index < -0.39 is 0 Å². The summed E-state index contributed by atoms with van der Waals surface area (Å²) in [5, 5.41) is 4.76. The second-order valence-electron chi connectivity index (χ2n) is 10.3. The summed E-state index contributed by atoms with van der Waals surface area (Å²) in [7, 11) is 0. The van der Waals surface area contributed by atoms with Crippen LogP contribution in [0.5, 0.6) is 0 Å². The minimum Gasteiger partial charge on any atom is -0.463 e. The molecule has 2 bridgehead atoms. The lowest BCUT2D eigenvalue weighted by atomic mass is 9.65. The molecule has 3 heterocycles. The van der Waals surface area contributed by atoms with Gasteiger partial charge in [0, 0.05) is 18.7 Å². The number of aryl methyl sites for hydroxylation is 1. The summed E-state index contributed by atoms with van der Waals surface area (Å²) in [5.74, 6) is 0.733. The van der Waals surface area contributed by atoms with Crippen LogP contribution >= 0.6 is 0 Å². The molecule has 2 fully saturated rings. The Hall–Kier alpha value is -2.82. The van der Waals surface area contributed by atoms with Gasteiger partial charge in [-0.2, -0.15) is 5.10 Å². The third-order valence-corrected chi connectivity index (χ3v) is 6.62. The molecule has 5 heteroatoms. The van der Waals surface area contributed by atoms with E-state index in [0.717, 1.165) is 37.1 Å². The number of nitrogens with zero attached hydrogens (tertiary/aromatic N) is 3. The summed E-state index contributed by atoms with van der Waals surface area (Å²) in [6.07, 6.45) is 4.94. The van der Waals surface area contributed by atoms with E-state index >= 15 is 0 Å². The van der Waals surface area contributed by atoms with Crippen LogP contribution in [-0.4, -0.2) is 33.2 Å². The van der Waals surface area contributed by atoms with Gasteiger partial charge < -0.3 is 9.32 Å². The first-order valence-electron chi connectivity index (χ1n) is 10.8. The minimum atomic E-state index is 0.0632. The van der Waals surface area contributed by atoms with Crippen molar-refractivity contribution in [1.82, 2.24) is 14.7 Å². The van der Waals surface area contributed by atoms with Crippen molar-refractivity contribution in [3.63, 3.8) is 0 Å². The number of aromatic nitrogens is 2. The molecular weight excluding hydrogens is 374 g/mol. The zero-order valence-electron chi connectivity index (χ0n) is 18.2. The third kappa shape index (κ3) is 3.26. The molecule has 2 atom stereocenters. The van der Waals surface area contributed by atoms with Gasteiger partial charge >= 0.3 is 0 Å². The molecule has 3 aromatic rings. The quantitative estimate of drug-likeness (QED) is 0.582. The molecular formula is C25H29N3O2. The first-order valence-corrected chi connectivity index (χ1v) is 10.8. The zero-order valence-corrected chi connectivity index (χ0v) is 18.2. The fourth-order valence-electron chi connectivity index (χ4n) is 5.88. The molecule has 0 unspecified atom stereocenters. The molecule has 5 nitrogen and oxygen atoms in total. The van der Waals surface area contributed by atoms with Crippen LogP contribution in [-0.2, 0) is 0 Å². The van der Waals surface area contributed by atoms with Crippen molar-refractivity contribution in [2.45, 2.75) is 53.0 Å². The number of hydrogen-bond donors (Lipinski definition) is 0. The van der Waals surface area contributed by atoms with Gasteiger partial charge in [-0.3, -0.25) is 4.79 Å². The number of rotatable bonds is 3. The highest BCUT2D eigenvalue weighted by molar-refractivity contribution is 5.94. The lowest BCUT2D eigenvalue weighted by Gasteiger charge is -2.39. The van der Waals surface area contributed by atoms with Crippen molar-refractivity contribution in [2.75, 3.05) is 6.54 Å². The molecule has 1 amide bonds. The molecule has 1 saturated carbocycles. The van der Waals surface area contributed by atoms with E-state index in [4.69, 9.17) is 9.52 Å². The Bertz CT molecular complexity index is 1100. The fraction of sp³-hybridized carbons (Fsp3) is 0.440. The maximum absolute atomic E-state index is 13.8. The maximum atomic E-state index is 13.8. The van der Waals surface area contributed by atoms with Crippen molar-refractivity contribution in [1.29, 1.82) is 0 Å². The largest absolute Gasteiger partial charge is 0.463 e. The lowest BCUT2D eigenvalue weighted by molar-refractivity contribution is 0.0699. The summed E-state index contributed by atoms with van der Waals surface area (Å²) in [6.45, 7) is 9.86. The summed E-state index contributed by atoms with van der Waals surface area (Å²) in [5.41, 5.74) is 3.76. The average Bonchev–Trinajstić information content (AvgIpc) is 3.37. The highest BCUT2D eigenvalue weighted by Gasteiger charge is 2.51. The van der Waals surface area contributed by atoms with Gasteiger partial charge in [-0.05, 0) is 66.8 Å². The first-order chi connectivity index (χ1) is 14.2. The molecule has 0 spiro atoms. The van der Waals surface area contributed by atoms with Crippen molar-refractivity contribution < 1.29 is 9.21 Å². The Morgan fingerprint density at radius 2 is 1.97 bits per heavy atom. The zero-order chi connectivity index (χ0) is 21.1. The lowest BCUT2D eigenvalue weighted by Crippen LogP contribution is -2.38. The second-order valence-corrected chi connectivity index (χ2v) is 10.3. The molecule has 5 rings (SSSR count). The molecule has 2 aromatic heterocycles. The summed E-state index contributed by atoms with van der Waals surface area (Å²) in [6, 6.07) is 14.0. The highest BCUT2D eigenvalue weighted by Crippen LogP contribution is 2.52.